The van der Waals surface area contributed by atoms with Crippen molar-refractivity contribution >= 4 is 23.1 Å². The molecule has 0 aromatic heterocycles. The van der Waals surface area contributed by atoms with E-state index in [1.165, 1.54) is 0 Å². The van der Waals surface area contributed by atoms with Crippen LogP contribution in [0, 0.1) is 5.92 Å². The van der Waals surface area contributed by atoms with Crippen molar-refractivity contribution in [3.8, 4) is 0 Å². The number of anilines is 1. The van der Waals surface area contributed by atoms with E-state index in [4.69, 9.17) is 0 Å². The third-order valence-corrected chi connectivity index (χ3v) is 4.36. The number of carbonyl (C=O) groups excluding carboxylic acids is 2. The van der Waals surface area contributed by atoms with Crippen LogP contribution in [0.2, 0.25) is 0 Å². The average Bonchev–Trinajstić information content (AvgIpc) is 3.14. The minimum absolute atomic E-state index is 0.0194. The number of amides is 1. The second-order valence-corrected chi connectivity index (χ2v) is 6.20. The molecule has 1 saturated heterocycles. The molecule has 2 heterocycles. The second kappa shape index (κ2) is 5.91. The van der Waals surface area contributed by atoms with Crippen LogP contribution in [-0.2, 0) is 9.59 Å². The van der Waals surface area contributed by atoms with Gasteiger partial charge in [0.15, 0.2) is 5.78 Å². The minimum Gasteiger partial charge on any atom is -0.337 e. The van der Waals surface area contributed by atoms with Crippen molar-refractivity contribution in [3.63, 3.8) is 0 Å². The van der Waals surface area contributed by atoms with Gasteiger partial charge >= 0.3 is 0 Å². The summed E-state index contributed by atoms with van der Waals surface area (Å²) in [5.74, 6) is 0.555. The monoisotopic (exact) mass is 299 g/mol. The van der Waals surface area contributed by atoms with E-state index < -0.39 is 0 Å². The van der Waals surface area contributed by atoms with Crippen LogP contribution in [0.3, 0.4) is 0 Å². The van der Waals surface area contributed by atoms with Crippen molar-refractivity contribution < 1.29 is 9.59 Å². The number of Topliss-reactive ketones (excluding diaryl/α,β-unsaturated/α-hetero) is 1. The maximum Gasteiger partial charge on any atom is 0.270 e. The Labute approximate surface area is 130 Å². The molecule has 0 radical (unpaired) electrons. The standard InChI is InChI=1S/C17H21N3O2/c1-12-8-9-19(11-12)17(22)15-10-16(13(2)21)20(18-15)14-6-4-3-5-7-14/h3-7,12,16H,8-11H2,1-2H3. The lowest BCUT2D eigenvalue weighted by Crippen LogP contribution is -2.36. The molecule has 0 N–H and O–H groups in total. The van der Waals surface area contributed by atoms with Gasteiger partial charge in [0.1, 0.15) is 11.8 Å². The van der Waals surface area contributed by atoms with Gasteiger partial charge < -0.3 is 4.90 Å². The van der Waals surface area contributed by atoms with Crippen LogP contribution >= 0.6 is 0 Å². The predicted octanol–water partition coefficient (Wildman–Crippen LogP) is 2.08. The topological polar surface area (TPSA) is 53.0 Å². The number of hydrogen-bond donors (Lipinski definition) is 0. The van der Waals surface area contributed by atoms with E-state index in [1.807, 2.05) is 35.2 Å². The van der Waals surface area contributed by atoms with Gasteiger partial charge in [-0.2, -0.15) is 5.10 Å². The molecule has 0 bridgehead atoms. The van der Waals surface area contributed by atoms with Crippen molar-refractivity contribution in [1.82, 2.24) is 4.90 Å². The lowest BCUT2D eigenvalue weighted by molar-refractivity contribution is -0.123. The highest BCUT2D eigenvalue weighted by molar-refractivity contribution is 6.40. The lowest BCUT2D eigenvalue weighted by atomic mass is 10.1. The summed E-state index contributed by atoms with van der Waals surface area (Å²) in [7, 11) is 0. The molecule has 0 aliphatic carbocycles. The quantitative estimate of drug-likeness (QED) is 0.858. The summed E-state index contributed by atoms with van der Waals surface area (Å²) in [6.07, 6.45) is 1.44. The largest absolute Gasteiger partial charge is 0.337 e. The molecule has 2 unspecified atom stereocenters. The van der Waals surface area contributed by atoms with E-state index in [-0.39, 0.29) is 17.7 Å². The number of para-hydroxylation sites is 1. The molecule has 3 rings (SSSR count). The summed E-state index contributed by atoms with van der Waals surface area (Å²) in [6.45, 7) is 5.28. The van der Waals surface area contributed by atoms with Crippen LogP contribution < -0.4 is 5.01 Å². The molecule has 1 aromatic rings. The van der Waals surface area contributed by atoms with Gasteiger partial charge in [0, 0.05) is 19.5 Å². The normalized spacial score (nSPS) is 24.5. The smallest absolute Gasteiger partial charge is 0.270 e. The third-order valence-electron chi connectivity index (χ3n) is 4.36. The Hall–Kier alpha value is -2.17. The van der Waals surface area contributed by atoms with Gasteiger partial charge in [0.25, 0.3) is 5.91 Å². The van der Waals surface area contributed by atoms with E-state index in [9.17, 15) is 9.59 Å². The van der Waals surface area contributed by atoms with Crippen molar-refractivity contribution in [1.29, 1.82) is 0 Å². The van der Waals surface area contributed by atoms with Gasteiger partial charge in [-0.25, -0.2) is 0 Å². The van der Waals surface area contributed by atoms with Crippen molar-refractivity contribution in [2.75, 3.05) is 18.1 Å². The highest BCUT2D eigenvalue weighted by Crippen LogP contribution is 2.26. The molecule has 116 valence electrons. The Morgan fingerprint density at radius 1 is 1.23 bits per heavy atom. The van der Waals surface area contributed by atoms with E-state index in [2.05, 4.69) is 12.0 Å². The first-order chi connectivity index (χ1) is 10.6. The summed E-state index contributed by atoms with van der Waals surface area (Å²) in [6, 6.07) is 9.18. The number of carbonyl (C=O) groups is 2. The molecule has 1 aromatic carbocycles. The minimum atomic E-state index is -0.374. The van der Waals surface area contributed by atoms with Gasteiger partial charge in [-0.05, 0) is 31.4 Å². The number of rotatable bonds is 3. The SMILES string of the molecule is CC(=O)C1CC(C(=O)N2CCC(C)C2)=NN1c1ccccc1. The first-order valence-electron chi connectivity index (χ1n) is 7.77. The molecule has 0 saturated carbocycles. The second-order valence-electron chi connectivity index (χ2n) is 6.20. The van der Waals surface area contributed by atoms with Crippen LogP contribution in [0.1, 0.15) is 26.7 Å². The molecule has 5 nitrogen and oxygen atoms in total. The maximum atomic E-state index is 12.6. The van der Waals surface area contributed by atoms with E-state index in [0.717, 1.165) is 25.2 Å². The lowest BCUT2D eigenvalue weighted by Gasteiger charge is -2.20. The van der Waals surface area contributed by atoms with Gasteiger partial charge in [-0.3, -0.25) is 14.6 Å². The van der Waals surface area contributed by atoms with Crippen molar-refractivity contribution in [2.24, 2.45) is 11.0 Å². The van der Waals surface area contributed by atoms with Gasteiger partial charge in [0.05, 0.1) is 5.69 Å². The highest BCUT2D eigenvalue weighted by atomic mass is 16.2. The van der Waals surface area contributed by atoms with Crippen molar-refractivity contribution in [3.05, 3.63) is 30.3 Å². The summed E-state index contributed by atoms with van der Waals surface area (Å²) in [5, 5.41) is 6.16. The van der Waals surface area contributed by atoms with E-state index in [0.29, 0.717) is 18.1 Å². The number of hydrogen-bond acceptors (Lipinski definition) is 4. The Morgan fingerprint density at radius 3 is 2.55 bits per heavy atom. The number of ketones is 1. The molecular weight excluding hydrogens is 278 g/mol. The summed E-state index contributed by atoms with van der Waals surface area (Å²) < 4.78 is 0. The zero-order chi connectivity index (χ0) is 15.7. The summed E-state index contributed by atoms with van der Waals surface area (Å²) in [4.78, 5) is 26.4. The van der Waals surface area contributed by atoms with E-state index in [1.54, 1.807) is 11.9 Å². The molecule has 5 heteroatoms. The predicted molar refractivity (Wildman–Crippen MR) is 85.8 cm³/mol. The molecule has 1 amide bonds. The molecule has 2 aliphatic heterocycles. The molecule has 0 spiro atoms. The molecule has 2 atom stereocenters. The van der Waals surface area contributed by atoms with Gasteiger partial charge in [-0.15, -0.1) is 0 Å². The number of nitrogens with zero attached hydrogens (tertiary/aromatic N) is 3. The first-order valence-corrected chi connectivity index (χ1v) is 7.77. The van der Waals surface area contributed by atoms with Crippen molar-refractivity contribution in [2.45, 2.75) is 32.7 Å². The number of hydrazone groups is 1. The fraction of sp³-hybridized carbons (Fsp3) is 0.471. The van der Waals surface area contributed by atoms with Gasteiger partial charge in [0.2, 0.25) is 0 Å². The fourth-order valence-electron chi connectivity index (χ4n) is 3.08. The summed E-state index contributed by atoms with van der Waals surface area (Å²) in [5.41, 5.74) is 1.35. The Balaban J connectivity index is 1.84. The van der Waals surface area contributed by atoms with Crippen LogP contribution in [0.25, 0.3) is 0 Å². The van der Waals surface area contributed by atoms with Crippen LogP contribution in [0.15, 0.2) is 35.4 Å². The zero-order valence-electron chi connectivity index (χ0n) is 13.0. The average molecular weight is 299 g/mol. The number of likely N-dealkylation sites (tertiary alicyclic amines) is 1. The zero-order valence-corrected chi connectivity index (χ0v) is 13.0. The number of benzene rings is 1. The molecule has 1 fully saturated rings. The van der Waals surface area contributed by atoms with E-state index >= 15 is 0 Å². The molecule has 22 heavy (non-hydrogen) atoms. The Morgan fingerprint density at radius 2 is 1.95 bits per heavy atom. The summed E-state index contributed by atoms with van der Waals surface area (Å²) >= 11 is 0. The Bertz CT molecular complexity index is 612. The fourth-order valence-corrected chi connectivity index (χ4v) is 3.08. The van der Waals surface area contributed by atoms with Crippen LogP contribution in [0.5, 0.6) is 0 Å². The molecule has 2 aliphatic rings. The van der Waals surface area contributed by atoms with Gasteiger partial charge in [-0.1, -0.05) is 25.1 Å². The maximum absolute atomic E-state index is 12.6. The van der Waals surface area contributed by atoms with Crippen LogP contribution in [-0.4, -0.2) is 41.4 Å². The third kappa shape index (κ3) is 2.75. The first kappa shape index (κ1) is 14.8. The molecular formula is C17H21N3O2. The Kier molecular flexibility index (Phi) is 3.96. The van der Waals surface area contributed by atoms with Crippen LogP contribution in [0.4, 0.5) is 5.69 Å². The highest BCUT2D eigenvalue weighted by Gasteiger charge is 2.36.